The Balaban J connectivity index is 0.00000208. The number of ether oxygens (including phenoxy) is 1. The summed E-state index contributed by atoms with van der Waals surface area (Å²) in [5.41, 5.74) is 5.18. The number of benzene rings is 2. The van der Waals surface area contributed by atoms with Crippen molar-refractivity contribution < 1.29 is 4.74 Å². The minimum Gasteiger partial charge on any atom is -0.489 e. The van der Waals surface area contributed by atoms with Gasteiger partial charge in [0.2, 0.25) is 0 Å². The molecule has 1 aliphatic carbocycles. The van der Waals surface area contributed by atoms with Crippen LogP contribution in [-0.2, 0) is 19.4 Å². The number of hydrogen-bond donors (Lipinski definition) is 1. The van der Waals surface area contributed by atoms with E-state index < -0.39 is 0 Å². The minimum absolute atomic E-state index is 0. The fraction of sp³-hybridized carbons (Fsp3) is 0.350. The van der Waals surface area contributed by atoms with E-state index in [2.05, 4.69) is 34.6 Å². The van der Waals surface area contributed by atoms with Crippen LogP contribution in [0.2, 0.25) is 0 Å². The van der Waals surface area contributed by atoms with Gasteiger partial charge in [-0.25, -0.2) is 0 Å². The highest BCUT2D eigenvalue weighted by atomic mass is 35.5. The fourth-order valence-corrected chi connectivity index (χ4v) is 3.29. The summed E-state index contributed by atoms with van der Waals surface area (Å²) in [5, 5.41) is 3.20. The molecule has 2 aromatic rings. The molecule has 0 heterocycles. The van der Waals surface area contributed by atoms with Gasteiger partial charge in [0.15, 0.2) is 0 Å². The third-order valence-corrected chi connectivity index (χ3v) is 4.44. The van der Waals surface area contributed by atoms with Gasteiger partial charge in [0.25, 0.3) is 0 Å². The van der Waals surface area contributed by atoms with Gasteiger partial charge in [-0.2, -0.15) is 0 Å². The van der Waals surface area contributed by atoms with Gasteiger partial charge in [-0.3, -0.25) is 4.99 Å². The molecule has 3 rings (SSSR count). The summed E-state index contributed by atoms with van der Waals surface area (Å²) in [6, 6.07) is 14.6. The number of hydrogen-bond acceptors (Lipinski definition) is 2. The summed E-state index contributed by atoms with van der Waals surface area (Å²) in [7, 11) is 3.76. The molecule has 0 saturated heterocycles. The first-order valence-corrected chi connectivity index (χ1v) is 8.30. The molecule has 0 saturated carbocycles. The SMILES string of the molecule is CN=C(NC)c1ccc(OCc2ccccc2)c2c1CCCC2.Cl. The summed E-state index contributed by atoms with van der Waals surface area (Å²) < 4.78 is 6.13. The predicted octanol–water partition coefficient (Wildman–Crippen LogP) is 4.16. The summed E-state index contributed by atoms with van der Waals surface area (Å²) in [6.45, 7) is 0.618. The van der Waals surface area contributed by atoms with Crippen LogP contribution in [0.3, 0.4) is 0 Å². The normalized spacial score (nSPS) is 13.7. The Kier molecular flexibility index (Phi) is 6.68. The van der Waals surface area contributed by atoms with Crippen LogP contribution in [0.4, 0.5) is 0 Å². The second kappa shape index (κ2) is 8.74. The first-order chi connectivity index (χ1) is 11.3. The fourth-order valence-electron chi connectivity index (χ4n) is 3.29. The maximum atomic E-state index is 6.13. The van der Waals surface area contributed by atoms with Crippen molar-refractivity contribution in [2.45, 2.75) is 32.3 Å². The van der Waals surface area contributed by atoms with Gasteiger partial charge >= 0.3 is 0 Å². The van der Waals surface area contributed by atoms with Crippen molar-refractivity contribution in [2.75, 3.05) is 14.1 Å². The van der Waals surface area contributed by atoms with Gasteiger partial charge in [0.05, 0.1) is 0 Å². The molecule has 3 nitrogen and oxygen atoms in total. The second-order valence-electron chi connectivity index (χ2n) is 5.87. The van der Waals surface area contributed by atoms with Crippen molar-refractivity contribution in [2.24, 2.45) is 4.99 Å². The van der Waals surface area contributed by atoms with E-state index in [0.29, 0.717) is 6.61 Å². The summed E-state index contributed by atoms with van der Waals surface area (Å²) in [6.07, 6.45) is 4.67. The van der Waals surface area contributed by atoms with Crippen molar-refractivity contribution >= 4 is 18.2 Å². The lowest BCUT2D eigenvalue weighted by molar-refractivity contribution is 0.301. The van der Waals surface area contributed by atoms with E-state index in [4.69, 9.17) is 4.74 Å². The Morgan fingerprint density at radius 1 is 1.04 bits per heavy atom. The number of amidine groups is 1. The first-order valence-electron chi connectivity index (χ1n) is 8.30. The van der Waals surface area contributed by atoms with Gasteiger partial charge in [-0.15, -0.1) is 12.4 Å². The van der Waals surface area contributed by atoms with Crippen LogP contribution in [0.5, 0.6) is 5.75 Å². The molecule has 0 amide bonds. The van der Waals surface area contributed by atoms with Crippen molar-refractivity contribution in [3.05, 3.63) is 64.7 Å². The van der Waals surface area contributed by atoms with Crippen LogP contribution >= 0.6 is 12.4 Å². The van der Waals surface area contributed by atoms with Gasteiger partial charge in [0, 0.05) is 19.7 Å². The molecule has 0 spiro atoms. The average Bonchev–Trinajstić information content (AvgIpc) is 2.62. The molecular weight excluding hydrogens is 320 g/mol. The standard InChI is InChI=1S/C20H24N2O.ClH/c1-21-20(22-2)18-12-13-19(17-11-7-6-10-16(17)18)23-14-15-8-4-3-5-9-15;/h3-5,8-9,12-13H,6-7,10-11,14H2,1-2H3,(H,21,22);1H. The van der Waals surface area contributed by atoms with Crippen LogP contribution in [0.15, 0.2) is 47.5 Å². The molecule has 0 aromatic heterocycles. The van der Waals surface area contributed by atoms with E-state index in [0.717, 1.165) is 24.4 Å². The third kappa shape index (κ3) is 3.90. The molecule has 0 bridgehead atoms. The first kappa shape index (κ1) is 18.3. The van der Waals surface area contributed by atoms with E-state index >= 15 is 0 Å². The Morgan fingerprint density at radius 3 is 2.42 bits per heavy atom. The van der Waals surface area contributed by atoms with Gasteiger partial charge in [0.1, 0.15) is 18.2 Å². The maximum Gasteiger partial charge on any atom is 0.128 e. The van der Waals surface area contributed by atoms with Gasteiger partial charge in [-0.05, 0) is 54.5 Å². The zero-order chi connectivity index (χ0) is 16.1. The van der Waals surface area contributed by atoms with E-state index in [-0.39, 0.29) is 12.4 Å². The van der Waals surface area contributed by atoms with Gasteiger partial charge < -0.3 is 10.1 Å². The molecule has 2 aromatic carbocycles. The van der Waals surface area contributed by atoms with Crippen molar-refractivity contribution in [3.8, 4) is 5.75 Å². The minimum atomic E-state index is 0. The number of nitrogens with zero attached hydrogens (tertiary/aromatic N) is 1. The van der Waals surface area contributed by atoms with E-state index in [1.165, 1.54) is 35.1 Å². The smallest absolute Gasteiger partial charge is 0.128 e. The summed E-state index contributed by atoms with van der Waals surface area (Å²) >= 11 is 0. The molecule has 0 aliphatic heterocycles. The highest BCUT2D eigenvalue weighted by Gasteiger charge is 2.20. The molecule has 128 valence electrons. The zero-order valence-corrected chi connectivity index (χ0v) is 15.2. The Labute approximate surface area is 150 Å². The Morgan fingerprint density at radius 2 is 1.75 bits per heavy atom. The predicted molar refractivity (Wildman–Crippen MR) is 103 cm³/mol. The quantitative estimate of drug-likeness (QED) is 0.667. The Hall–Kier alpha value is -2.00. The van der Waals surface area contributed by atoms with Crippen LogP contribution < -0.4 is 10.1 Å². The summed E-state index contributed by atoms with van der Waals surface area (Å²) in [4.78, 5) is 4.37. The molecule has 1 N–H and O–H groups in total. The van der Waals surface area contributed by atoms with Gasteiger partial charge in [-0.1, -0.05) is 30.3 Å². The maximum absolute atomic E-state index is 6.13. The van der Waals surface area contributed by atoms with E-state index in [1.54, 1.807) is 0 Å². The molecule has 0 fully saturated rings. The van der Waals surface area contributed by atoms with Crippen molar-refractivity contribution in [3.63, 3.8) is 0 Å². The number of rotatable bonds is 4. The van der Waals surface area contributed by atoms with Crippen LogP contribution in [-0.4, -0.2) is 19.9 Å². The third-order valence-electron chi connectivity index (χ3n) is 4.44. The summed E-state index contributed by atoms with van der Waals surface area (Å²) in [5.74, 6) is 1.98. The van der Waals surface area contributed by atoms with E-state index in [1.807, 2.05) is 32.3 Å². The van der Waals surface area contributed by atoms with Crippen LogP contribution in [0.1, 0.15) is 35.1 Å². The second-order valence-corrected chi connectivity index (χ2v) is 5.87. The topological polar surface area (TPSA) is 33.6 Å². The molecule has 0 unspecified atom stereocenters. The van der Waals surface area contributed by atoms with Crippen LogP contribution in [0.25, 0.3) is 0 Å². The van der Waals surface area contributed by atoms with Crippen molar-refractivity contribution in [1.29, 1.82) is 0 Å². The number of halogens is 1. The van der Waals surface area contributed by atoms with Crippen LogP contribution in [0, 0.1) is 0 Å². The molecule has 4 heteroatoms. The monoisotopic (exact) mass is 344 g/mol. The lowest BCUT2D eigenvalue weighted by atomic mass is 9.87. The highest BCUT2D eigenvalue weighted by Crippen LogP contribution is 2.33. The number of fused-ring (bicyclic) bond motifs is 1. The highest BCUT2D eigenvalue weighted by molar-refractivity contribution is 6.00. The number of nitrogens with one attached hydrogen (secondary N) is 1. The Bertz CT molecular complexity index is 698. The largest absolute Gasteiger partial charge is 0.489 e. The van der Waals surface area contributed by atoms with Crippen molar-refractivity contribution in [1.82, 2.24) is 5.32 Å². The lowest BCUT2D eigenvalue weighted by Gasteiger charge is -2.23. The average molecular weight is 345 g/mol. The van der Waals surface area contributed by atoms with E-state index in [9.17, 15) is 0 Å². The molecule has 0 atom stereocenters. The molecule has 0 radical (unpaired) electrons. The lowest BCUT2D eigenvalue weighted by Crippen LogP contribution is -2.23. The molecule has 1 aliphatic rings. The number of aliphatic imine (C=N–C) groups is 1. The molecule has 24 heavy (non-hydrogen) atoms. The molecular formula is C20H25ClN2O. The zero-order valence-electron chi connectivity index (χ0n) is 14.3.